The van der Waals surface area contributed by atoms with Gasteiger partial charge in [-0.25, -0.2) is 4.98 Å². The number of nitrogens with zero attached hydrogens (tertiary/aromatic N) is 5. The van der Waals surface area contributed by atoms with Crippen LogP contribution in [0.4, 0.5) is 0 Å². The lowest BCUT2D eigenvalue weighted by Gasteiger charge is -2.44. The van der Waals surface area contributed by atoms with E-state index in [1.807, 2.05) is 24.3 Å². The number of aryl methyl sites for hydroxylation is 2. The van der Waals surface area contributed by atoms with E-state index in [1.165, 1.54) is 23.5 Å². The number of imidazole rings is 1. The van der Waals surface area contributed by atoms with Crippen molar-refractivity contribution in [1.82, 2.24) is 24.2 Å². The second-order valence-corrected chi connectivity index (χ2v) is 8.60. The van der Waals surface area contributed by atoms with Gasteiger partial charge >= 0.3 is 0 Å². The number of aromatic nitrogens is 4. The lowest BCUT2D eigenvalue weighted by atomic mass is 9.73. The molecule has 0 unspecified atom stereocenters. The van der Waals surface area contributed by atoms with E-state index in [0.717, 1.165) is 38.9 Å². The molecule has 5 heterocycles. The van der Waals surface area contributed by atoms with Crippen LogP contribution in [0.1, 0.15) is 35.6 Å². The molecule has 1 fully saturated rings. The lowest BCUT2D eigenvalue weighted by molar-refractivity contribution is 0.0466. The molecule has 3 aromatic heterocycles. The van der Waals surface area contributed by atoms with Gasteiger partial charge in [0.05, 0.1) is 11.9 Å². The Kier molecular flexibility index (Phi) is 3.93. The average Bonchev–Trinajstić information content (AvgIpc) is 3.42. The summed E-state index contributed by atoms with van der Waals surface area (Å²) in [5.41, 5.74) is 3.32. The smallest absolute Gasteiger partial charge is 0.274 e. The van der Waals surface area contributed by atoms with Crippen molar-refractivity contribution >= 4 is 17.2 Å². The van der Waals surface area contributed by atoms with Crippen molar-refractivity contribution in [2.24, 2.45) is 12.5 Å². The zero-order valence-electron chi connectivity index (χ0n) is 15.5. The summed E-state index contributed by atoms with van der Waals surface area (Å²) in [5, 5.41) is 8.58. The van der Waals surface area contributed by atoms with Gasteiger partial charge in [-0.15, -0.1) is 0 Å². The van der Waals surface area contributed by atoms with Crippen molar-refractivity contribution in [3.8, 4) is 11.3 Å². The van der Waals surface area contributed by atoms with E-state index >= 15 is 0 Å². The number of carbonyl (C=O) groups excluding carboxylic acids is 1. The van der Waals surface area contributed by atoms with Crippen molar-refractivity contribution in [3.05, 3.63) is 46.8 Å². The standard InChI is InChI=1S/C20H23N5OS/c1-23-8-3-16(22-23)19(26)24-9-6-20(7-10-24)5-2-18-21-12-17(25(18)14-20)15-4-11-27-13-15/h3-4,8,11-13H,2,5-7,9-10,14H2,1H3. The Balaban J connectivity index is 1.32. The maximum atomic E-state index is 12.7. The molecular formula is C20H23N5OS. The van der Waals surface area contributed by atoms with Crippen molar-refractivity contribution in [3.63, 3.8) is 0 Å². The summed E-state index contributed by atoms with van der Waals surface area (Å²) in [6.45, 7) is 2.64. The van der Waals surface area contributed by atoms with Gasteiger partial charge in [0.1, 0.15) is 11.5 Å². The fourth-order valence-electron chi connectivity index (χ4n) is 4.51. The minimum atomic E-state index is 0.0588. The quantitative estimate of drug-likeness (QED) is 0.685. The van der Waals surface area contributed by atoms with E-state index in [2.05, 4.69) is 31.5 Å². The molecule has 0 N–H and O–H groups in total. The summed E-state index contributed by atoms with van der Waals surface area (Å²) in [6.07, 6.45) is 8.14. The monoisotopic (exact) mass is 381 g/mol. The zero-order valence-corrected chi connectivity index (χ0v) is 16.3. The molecule has 6 nitrogen and oxygen atoms in total. The topological polar surface area (TPSA) is 56.0 Å². The molecule has 2 aliphatic rings. The van der Waals surface area contributed by atoms with E-state index < -0.39 is 0 Å². The summed E-state index contributed by atoms with van der Waals surface area (Å²) in [4.78, 5) is 19.3. The molecule has 7 heteroatoms. The van der Waals surface area contributed by atoms with Gasteiger partial charge in [0.25, 0.3) is 5.91 Å². The van der Waals surface area contributed by atoms with E-state index in [9.17, 15) is 4.79 Å². The first kappa shape index (κ1) is 16.7. The van der Waals surface area contributed by atoms with Crippen LogP contribution in [0, 0.1) is 5.41 Å². The molecule has 1 amide bonds. The number of amides is 1. The van der Waals surface area contributed by atoms with Gasteiger partial charge in [0.2, 0.25) is 0 Å². The van der Waals surface area contributed by atoms with Crippen molar-refractivity contribution in [1.29, 1.82) is 0 Å². The van der Waals surface area contributed by atoms with Gasteiger partial charge < -0.3 is 9.47 Å². The first-order chi connectivity index (χ1) is 13.1. The highest BCUT2D eigenvalue weighted by Crippen LogP contribution is 2.42. The lowest BCUT2D eigenvalue weighted by Crippen LogP contribution is -2.46. The Labute approximate surface area is 162 Å². The fourth-order valence-corrected chi connectivity index (χ4v) is 5.16. The number of hydrogen-bond acceptors (Lipinski definition) is 4. The fraction of sp³-hybridized carbons (Fsp3) is 0.450. The first-order valence-electron chi connectivity index (χ1n) is 9.49. The molecule has 1 spiro atoms. The average molecular weight is 382 g/mol. The number of rotatable bonds is 2. The third-order valence-electron chi connectivity index (χ3n) is 6.17. The minimum Gasteiger partial charge on any atom is -0.337 e. The number of fused-ring (bicyclic) bond motifs is 1. The van der Waals surface area contributed by atoms with Crippen LogP contribution in [0.5, 0.6) is 0 Å². The molecule has 1 saturated heterocycles. The summed E-state index contributed by atoms with van der Waals surface area (Å²) in [6, 6.07) is 3.97. The zero-order chi connectivity index (χ0) is 18.4. The third-order valence-corrected chi connectivity index (χ3v) is 6.85. The Morgan fingerprint density at radius 2 is 2.07 bits per heavy atom. The molecule has 0 radical (unpaired) electrons. The third kappa shape index (κ3) is 2.90. The van der Waals surface area contributed by atoms with Gasteiger partial charge in [0, 0.05) is 50.2 Å². The second kappa shape index (κ2) is 6.34. The molecule has 2 aliphatic heterocycles. The highest BCUT2D eigenvalue weighted by molar-refractivity contribution is 7.08. The largest absolute Gasteiger partial charge is 0.337 e. The minimum absolute atomic E-state index is 0.0588. The van der Waals surface area contributed by atoms with Crippen LogP contribution < -0.4 is 0 Å². The molecular weight excluding hydrogens is 358 g/mol. The van der Waals surface area contributed by atoms with Crippen LogP contribution in [0.3, 0.4) is 0 Å². The van der Waals surface area contributed by atoms with Crippen molar-refractivity contribution in [2.75, 3.05) is 13.1 Å². The van der Waals surface area contributed by atoms with Gasteiger partial charge in [-0.2, -0.15) is 16.4 Å². The summed E-state index contributed by atoms with van der Waals surface area (Å²) >= 11 is 1.73. The van der Waals surface area contributed by atoms with E-state index in [0.29, 0.717) is 5.69 Å². The van der Waals surface area contributed by atoms with Crippen LogP contribution in [-0.2, 0) is 20.0 Å². The molecule has 0 saturated carbocycles. The molecule has 140 valence electrons. The number of carbonyl (C=O) groups is 1. The van der Waals surface area contributed by atoms with Crippen LogP contribution in [0.25, 0.3) is 11.3 Å². The van der Waals surface area contributed by atoms with Gasteiger partial charge in [-0.1, -0.05) is 0 Å². The van der Waals surface area contributed by atoms with Gasteiger partial charge in [0.15, 0.2) is 0 Å². The Morgan fingerprint density at radius 1 is 1.22 bits per heavy atom. The summed E-state index contributed by atoms with van der Waals surface area (Å²) < 4.78 is 4.11. The molecule has 0 aromatic carbocycles. The molecule has 3 aromatic rings. The Bertz CT molecular complexity index is 963. The van der Waals surface area contributed by atoms with E-state index in [-0.39, 0.29) is 11.3 Å². The Morgan fingerprint density at radius 3 is 2.78 bits per heavy atom. The van der Waals surface area contributed by atoms with Crippen LogP contribution >= 0.6 is 11.3 Å². The van der Waals surface area contributed by atoms with E-state index in [1.54, 1.807) is 22.1 Å². The molecule has 0 aliphatic carbocycles. The van der Waals surface area contributed by atoms with Crippen molar-refractivity contribution in [2.45, 2.75) is 32.2 Å². The molecule has 0 atom stereocenters. The number of thiophene rings is 1. The van der Waals surface area contributed by atoms with Crippen LogP contribution in [0.2, 0.25) is 0 Å². The summed E-state index contributed by atoms with van der Waals surface area (Å²) in [5.74, 6) is 1.26. The predicted molar refractivity (Wildman–Crippen MR) is 105 cm³/mol. The van der Waals surface area contributed by atoms with Gasteiger partial charge in [-0.05, 0) is 42.2 Å². The molecule has 5 rings (SSSR count). The number of hydrogen-bond donors (Lipinski definition) is 0. The SMILES string of the molecule is Cn1ccc(C(=O)N2CCC3(CCc4ncc(-c5ccsc5)n4C3)CC2)n1. The van der Waals surface area contributed by atoms with Crippen molar-refractivity contribution < 1.29 is 4.79 Å². The maximum Gasteiger partial charge on any atom is 0.274 e. The summed E-state index contributed by atoms with van der Waals surface area (Å²) in [7, 11) is 1.85. The normalized spacial score (nSPS) is 18.6. The van der Waals surface area contributed by atoms with E-state index in [4.69, 9.17) is 0 Å². The number of likely N-dealkylation sites (tertiary alicyclic amines) is 1. The second-order valence-electron chi connectivity index (χ2n) is 7.82. The first-order valence-corrected chi connectivity index (χ1v) is 10.4. The van der Waals surface area contributed by atoms with Crippen LogP contribution in [-0.4, -0.2) is 43.2 Å². The highest BCUT2D eigenvalue weighted by Gasteiger charge is 2.40. The maximum absolute atomic E-state index is 12.7. The molecule has 0 bridgehead atoms. The molecule has 27 heavy (non-hydrogen) atoms. The van der Waals surface area contributed by atoms with Crippen LogP contribution in [0.15, 0.2) is 35.3 Å². The van der Waals surface area contributed by atoms with Gasteiger partial charge in [-0.3, -0.25) is 9.48 Å². The number of piperidine rings is 1. The highest BCUT2D eigenvalue weighted by atomic mass is 32.1. The Hall–Kier alpha value is -2.41. The predicted octanol–water partition coefficient (Wildman–Crippen LogP) is 3.21.